The lowest BCUT2D eigenvalue weighted by Crippen LogP contribution is -2.53. The first-order valence-corrected chi connectivity index (χ1v) is 12.0. The molecule has 10 heteroatoms. The second-order valence-electron chi connectivity index (χ2n) is 7.27. The minimum Gasteiger partial charge on any atom is -0.336 e. The van der Waals surface area contributed by atoms with Crippen LogP contribution in [0.4, 0.5) is 8.78 Å². The van der Waals surface area contributed by atoms with Crippen LogP contribution in [0.3, 0.4) is 0 Å². The van der Waals surface area contributed by atoms with E-state index in [2.05, 4.69) is 10.6 Å². The Morgan fingerprint density at radius 3 is 2.43 bits per heavy atom. The van der Waals surface area contributed by atoms with Crippen molar-refractivity contribution in [3.8, 4) is 6.07 Å². The molecule has 0 saturated heterocycles. The van der Waals surface area contributed by atoms with Gasteiger partial charge < -0.3 is 5.32 Å². The van der Waals surface area contributed by atoms with Crippen LogP contribution in [0.25, 0.3) is 0 Å². The zero-order valence-corrected chi connectivity index (χ0v) is 17.6. The van der Waals surface area contributed by atoms with Crippen LogP contribution in [0, 0.1) is 11.3 Å². The third-order valence-corrected chi connectivity index (χ3v) is 7.35. The van der Waals surface area contributed by atoms with Gasteiger partial charge in [-0.1, -0.05) is 36.4 Å². The molecule has 1 aliphatic rings. The van der Waals surface area contributed by atoms with Crippen molar-refractivity contribution in [1.29, 1.82) is 5.26 Å². The fourth-order valence-electron chi connectivity index (χ4n) is 3.02. The highest BCUT2D eigenvalue weighted by Crippen LogP contribution is 2.34. The number of carbonyl (C=O) groups is 1. The molecule has 0 radical (unpaired) electrons. The minimum absolute atomic E-state index is 0.296. The van der Waals surface area contributed by atoms with Crippen molar-refractivity contribution >= 4 is 27.1 Å². The van der Waals surface area contributed by atoms with Crippen molar-refractivity contribution in [1.82, 2.24) is 10.6 Å². The van der Waals surface area contributed by atoms with Crippen LogP contribution in [0.2, 0.25) is 0 Å². The third kappa shape index (κ3) is 5.84. The Kier molecular flexibility index (Phi) is 6.85. The zero-order valence-electron chi connectivity index (χ0n) is 15.9. The summed E-state index contributed by atoms with van der Waals surface area (Å²) < 4.78 is 52.9. The van der Waals surface area contributed by atoms with E-state index in [1.165, 1.54) is 6.07 Å². The number of carbonyl (C=O) groups excluding carboxylic acids is 1. The second-order valence-corrected chi connectivity index (χ2v) is 10.4. The lowest BCUT2D eigenvalue weighted by Gasteiger charge is -2.25. The molecule has 2 N–H and O–H groups in total. The van der Waals surface area contributed by atoms with E-state index >= 15 is 0 Å². The number of nitriles is 1. The smallest absolute Gasteiger partial charge is 0.258 e. The summed E-state index contributed by atoms with van der Waals surface area (Å²) in [4.78, 5) is 13.1. The number of sulfone groups is 1. The maximum Gasteiger partial charge on any atom is 0.258 e. The summed E-state index contributed by atoms with van der Waals surface area (Å²) in [5.74, 6) is -1.75. The van der Waals surface area contributed by atoms with Gasteiger partial charge in [-0.25, -0.2) is 17.2 Å². The normalized spacial score (nSPS) is 17.1. The van der Waals surface area contributed by atoms with Gasteiger partial charge in [-0.3, -0.25) is 10.1 Å². The minimum atomic E-state index is -3.81. The fourth-order valence-corrected chi connectivity index (χ4v) is 5.38. The first-order valence-electron chi connectivity index (χ1n) is 9.29. The molecule has 1 aromatic carbocycles. The average Bonchev–Trinajstić information content (AvgIpc) is 3.26. The van der Waals surface area contributed by atoms with E-state index in [9.17, 15) is 27.3 Å². The number of rotatable bonds is 10. The number of alkyl halides is 2. The van der Waals surface area contributed by atoms with Crippen LogP contribution in [0.15, 0.2) is 47.8 Å². The van der Waals surface area contributed by atoms with Gasteiger partial charge in [0.2, 0.25) is 5.91 Å². The Morgan fingerprint density at radius 2 is 1.90 bits per heavy atom. The van der Waals surface area contributed by atoms with Gasteiger partial charge in [0.25, 0.3) is 6.43 Å². The largest absolute Gasteiger partial charge is 0.336 e. The molecule has 0 aliphatic heterocycles. The Morgan fingerprint density at radius 1 is 1.20 bits per heavy atom. The van der Waals surface area contributed by atoms with Crippen LogP contribution in [-0.2, 0) is 20.4 Å². The monoisotopic (exact) mass is 453 g/mol. The Hall–Kier alpha value is -2.35. The molecule has 2 aromatic rings. The van der Waals surface area contributed by atoms with Gasteiger partial charge >= 0.3 is 0 Å². The van der Waals surface area contributed by atoms with E-state index in [-0.39, 0.29) is 5.75 Å². The van der Waals surface area contributed by atoms with Crippen molar-refractivity contribution in [3.63, 3.8) is 0 Å². The third-order valence-electron chi connectivity index (χ3n) is 4.78. The quantitative estimate of drug-likeness (QED) is 0.576. The van der Waals surface area contributed by atoms with E-state index in [0.29, 0.717) is 23.3 Å². The number of hydrogen-bond donors (Lipinski definition) is 2. The van der Waals surface area contributed by atoms with Crippen molar-refractivity contribution in [2.45, 2.75) is 42.6 Å². The van der Waals surface area contributed by atoms with Gasteiger partial charge in [-0.15, -0.1) is 11.3 Å². The molecule has 2 atom stereocenters. The molecule has 0 spiro atoms. The molecule has 30 heavy (non-hydrogen) atoms. The van der Waals surface area contributed by atoms with Crippen molar-refractivity contribution in [2.75, 3.05) is 5.75 Å². The number of benzene rings is 1. The standard InChI is InChI=1S/C20H21F2N3O3S2/c21-18(22)17(16-7-4-10-29-16)24-15(19(26)25-20(13-23)8-9-20)12-30(27,28)11-14-5-2-1-3-6-14/h1-7,10,15,17-18,24H,8-9,11-12H2,(H,25,26)/t15-,17-/m0/s1. The molecule has 0 unspecified atom stereocenters. The Labute approximate surface area is 177 Å². The molecule has 1 aromatic heterocycles. The summed E-state index contributed by atoms with van der Waals surface area (Å²) in [7, 11) is -3.81. The van der Waals surface area contributed by atoms with Crippen molar-refractivity contribution < 1.29 is 22.0 Å². The summed E-state index contributed by atoms with van der Waals surface area (Å²) in [6, 6.07) is 10.6. The molecule has 1 fully saturated rings. The SMILES string of the molecule is N#CC1(NC(=O)[C@H](CS(=O)(=O)Cc2ccccc2)N[C@@H](c2cccs2)C(F)F)CC1. The summed E-state index contributed by atoms with van der Waals surface area (Å²) in [6.07, 6.45) is -1.95. The van der Waals surface area contributed by atoms with Gasteiger partial charge in [-0.05, 0) is 29.9 Å². The van der Waals surface area contributed by atoms with Crippen molar-refractivity contribution in [2.24, 2.45) is 0 Å². The number of halogens is 2. The van der Waals surface area contributed by atoms with Crippen LogP contribution in [0.5, 0.6) is 0 Å². The Balaban J connectivity index is 1.81. The highest BCUT2D eigenvalue weighted by Gasteiger charge is 2.46. The number of amides is 1. The lowest BCUT2D eigenvalue weighted by atomic mass is 10.2. The van der Waals surface area contributed by atoms with Gasteiger partial charge in [0.15, 0.2) is 9.84 Å². The predicted molar refractivity (Wildman–Crippen MR) is 110 cm³/mol. The number of nitrogens with one attached hydrogen (secondary N) is 2. The van der Waals surface area contributed by atoms with E-state index in [1.54, 1.807) is 41.8 Å². The molecule has 1 aliphatic carbocycles. The first-order chi connectivity index (χ1) is 14.2. The molecular formula is C20H21F2N3O3S2. The molecule has 6 nitrogen and oxygen atoms in total. The van der Waals surface area contributed by atoms with Crippen molar-refractivity contribution in [3.05, 3.63) is 58.3 Å². The zero-order chi connectivity index (χ0) is 21.8. The number of nitrogens with zero attached hydrogens (tertiary/aromatic N) is 1. The number of hydrogen-bond acceptors (Lipinski definition) is 6. The molecule has 1 amide bonds. The Bertz CT molecular complexity index is 1000. The van der Waals surface area contributed by atoms with Crippen LogP contribution in [-0.4, -0.2) is 38.1 Å². The summed E-state index contributed by atoms with van der Waals surface area (Å²) in [5.41, 5.74) is -0.500. The molecule has 3 rings (SSSR count). The van der Waals surface area contributed by atoms with E-state index in [0.717, 1.165) is 11.3 Å². The second kappa shape index (κ2) is 9.20. The van der Waals surface area contributed by atoms with E-state index in [1.807, 2.05) is 6.07 Å². The maximum atomic E-state index is 13.7. The molecule has 1 heterocycles. The van der Waals surface area contributed by atoms with Gasteiger partial charge in [0, 0.05) is 4.88 Å². The van der Waals surface area contributed by atoms with Gasteiger partial charge in [0.1, 0.15) is 17.6 Å². The van der Waals surface area contributed by atoms with E-state index in [4.69, 9.17) is 0 Å². The van der Waals surface area contributed by atoms with E-state index < -0.39 is 45.5 Å². The lowest BCUT2D eigenvalue weighted by molar-refractivity contribution is -0.123. The van der Waals surface area contributed by atoms with Gasteiger partial charge in [-0.2, -0.15) is 5.26 Å². The summed E-state index contributed by atoms with van der Waals surface area (Å²) in [5, 5.41) is 15.9. The molecule has 160 valence electrons. The first kappa shape index (κ1) is 22.3. The molecular weight excluding hydrogens is 432 g/mol. The van der Waals surface area contributed by atoms with Crippen LogP contribution in [0.1, 0.15) is 29.3 Å². The number of thiophene rings is 1. The summed E-state index contributed by atoms with van der Waals surface area (Å²) >= 11 is 1.09. The van der Waals surface area contributed by atoms with Crippen LogP contribution < -0.4 is 10.6 Å². The van der Waals surface area contributed by atoms with Crippen LogP contribution >= 0.6 is 11.3 Å². The maximum absolute atomic E-state index is 13.7. The topological polar surface area (TPSA) is 99.1 Å². The predicted octanol–water partition coefficient (Wildman–Crippen LogP) is 2.80. The molecule has 0 bridgehead atoms. The average molecular weight is 454 g/mol. The molecule has 1 saturated carbocycles. The summed E-state index contributed by atoms with van der Waals surface area (Å²) in [6.45, 7) is 0. The van der Waals surface area contributed by atoms with Gasteiger partial charge in [0.05, 0.1) is 17.6 Å². The highest BCUT2D eigenvalue weighted by atomic mass is 32.2. The highest BCUT2D eigenvalue weighted by molar-refractivity contribution is 7.90. The fraction of sp³-hybridized carbons (Fsp3) is 0.400.